The normalized spacial score (nSPS) is 21.0. The highest BCUT2D eigenvalue weighted by molar-refractivity contribution is 8.14. The predicted molar refractivity (Wildman–Crippen MR) is 206 cm³/mol. The van der Waals surface area contributed by atoms with Crippen molar-refractivity contribution in [2.45, 2.75) is 63.4 Å². The molecule has 0 bridgehead atoms. The van der Waals surface area contributed by atoms with E-state index in [1.54, 1.807) is 0 Å². The number of aliphatic hydroxyl groups is 3. The zero-order valence-corrected chi connectivity index (χ0v) is 35.2. The molecule has 3 heterocycles. The summed E-state index contributed by atoms with van der Waals surface area (Å²) in [4.78, 5) is 96.0. The summed E-state index contributed by atoms with van der Waals surface area (Å²) in [5, 5.41) is 42.4. The van der Waals surface area contributed by atoms with Crippen LogP contribution in [0.2, 0.25) is 0 Å². The van der Waals surface area contributed by atoms with Gasteiger partial charge in [-0.1, -0.05) is 38.3 Å². The fourth-order valence-electron chi connectivity index (χ4n) is 4.60. The van der Waals surface area contributed by atoms with Gasteiger partial charge in [0.25, 0.3) is 0 Å². The predicted octanol–water partition coefficient (Wildman–Crippen LogP) is -1.14. The Bertz CT molecular complexity index is 1980. The molecule has 3 rings (SSSR count). The number of nitrogens with two attached hydrogens (primary N) is 1. The van der Waals surface area contributed by atoms with E-state index in [2.05, 4.69) is 47.6 Å². The van der Waals surface area contributed by atoms with Gasteiger partial charge in [0.1, 0.15) is 36.3 Å². The molecule has 0 saturated carbocycles. The number of ether oxygens (including phenoxy) is 1. The number of amides is 2. The van der Waals surface area contributed by atoms with E-state index in [9.17, 15) is 62.7 Å². The molecule has 0 aromatic carbocycles. The largest absolute Gasteiger partial charge is 0.481 e. The number of rotatable bonds is 23. The van der Waals surface area contributed by atoms with Crippen molar-refractivity contribution in [3.8, 4) is 0 Å². The highest BCUT2D eigenvalue weighted by atomic mass is 32.2. The van der Waals surface area contributed by atoms with E-state index in [1.165, 1.54) is 19.9 Å². The van der Waals surface area contributed by atoms with Crippen molar-refractivity contribution in [3.63, 3.8) is 0 Å². The van der Waals surface area contributed by atoms with E-state index in [1.807, 2.05) is 0 Å². The molecule has 27 nitrogen and oxygen atoms in total. The molecule has 1 saturated heterocycles. The number of anilines is 1. The van der Waals surface area contributed by atoms with Crippen molar-refractivity contribution in [1.82, 2.24) is 30.2 Å². The first kappa shape index (κ1) is 52.6. The lowest BCUT2D eigenvalue weighted by Crippen LogP contribution is -2.46. The molecule has 1 aliphatic rings. The average molecular weight is 938 g/mol. The standard InChI is InChI=1S/C24H38N7O17P3S.C5H8O3/c1-4-15(33)52-8-7-26-14(32)5-6-27-22(36)19(35)24(2,3)10-45-51(42,43)48-50(40,41)44-9-13-18(47-49(37,38)39)17(34)23(46-13)31-12-30-16-20(25)28-11-29-21(16)31;1-2-4(6)3-5(7)8/h4,11-13,17-19,23,34-35H,1,5-10H2,2-3H3,(H,26,32)(H,27,36)(H,40,41)(H,42,43)(H2,25,28,29)(H2,37,38,39);2,4,6H,1,3H2,(H,7,8)/t13-,17-,18-,19+,23-;4-/m10/s1. The number of fused-ring (bicyclic) bond motifs is 1. The fraction of sp³-hybridized carbons (Fsp3) is 0.552. The molecule has 2 aromatic heterocycles. The molecular formula is C29H46N7O20P3S. The van der Waals surface area contributed by atoms with Crippen molar-refractivity contribution in [2.75, 3.05) is 37.8 Å². The summed E-state index contributed by atoms with van der Waals surface area (Å²) >= 11 is 0.952. The lowest BCUT2D eigenvalue weighted by Gasteiger charge is -2.30. The van der Waals surface area contributed by atoms with Gasteiger partial charge in [-0.25, -0.2) is 28.6 Å². The monoisotopic (exact) mass is 937 g/mol. The number of nitrogen functional groups attached to an aromatic ring is 1. The summed E-state index contributed by atoms with van der Waals surface area (Å²) in [5.74, 6) is -2.19. The minimum atomic E-state index is -5.56. The Hall–Kier alpha value is -3.53. The van der Waals surface area contributed by atoms with Gasteiger partial charge >= 0.3 is 29.4 Å². The molecule has 2 unspecified atom stereocenters. The van der Waals surface area contributed by atoms with Gasteiger partial charge < -0.3 is 61.1 Å². The number of thioether (sulfide) groups is 1. The molecule has 60 heavy (non-hydrogen) atoms. The lowest BCUT2D eigenvalue weighted by molar-refractivity contribution is -0.139. The summed E-state index contributed by atoms with van der Waals surface area (Å²) < 4.78 is 61.9. The second kappa shape index (κ2) is 23.1. The topological polar surface area (TPSA) is 421 Å². The van der Waals surface area contributed by atoms with E-state index in [-0.39, 0.29) is 48.0 Å². The third kappa shape index (κ3) is 17.4. The zero-order valence-electron chi connectivity index (χ0n) is 31.7. The first-order chi connectivity index (χ1) is 27.7. The van der Waals surface area contributed by atoms with Crippen LogP contribution in [0.1, 0.15) is 32.9 Å². The molecule has 12 N–H and O–H groups in total. The van der Waals surface area contributed by atoms with E-state index in [4.69, 9.17) is 29.7 Å². The molecule has 8 atom stereocenters. The first-order valence-corrected chi connectivity index (χ1v) is 22.4. The van der Waals surface area contributed by atoms with Crippen LogP contribution < -0.4 is 16.4 Å². The number of carboxylic acid groups (broad SMARTS) is 1. The van der Waals surface area contributed by atoms with Crippen LogP contribution in [0.25, 0.3) is 11.2 Å². The van der Waals surface area contributed by atoms with Crippen LogP contribution in [0.15, 0.2) is 38.0 Å². The Labute approximate surface area is 344 Å². The van der Waals surface area contributed by atoms with Crippen LogP contribution >= 0.6 is 35.2 Å². The molecule has 0 radical (unpaired) electrons. The van der Waals surface area contributed by atoms with Crippen LogP contribution in [0.3, 0.4) is 0 Å². The Morgan fingerprint density at radius 1 is 1.05 bits per heavy atom. The smallest absolute Gasteiger partial charge is 0.481 e. The highest BCUT2D eigenvalue weighted by Crippen LogP contribution is 2.61. The minimum absolute atomic E-state index is 0.0290. The number of imidazole rings is 1. The van der Waals surface area contributed by atoms with Gasteiger partial charge in [0.15, 0.2) is 17.7 Å². The Balaban J connectivity index is 0.00000140. The van der Waals surface area contributed by atoms with Crippen molar-refractivity contribution in [3.05, 3.63) is 38.0 Å². The number of hydrogen-bond acceptors (Lipinski definition) is 20. The second-order valence-electron chi connectivity index (χ2n) is 12.8. The third-order valence-electron chi connectivity index (χ3n) is 7.57. The van der Waals surface area contributed by atoms with Gasteiger partial charge in [-0.2, -0.15) is 4.31 Å². The van der Waals surface area contributed by atoms with Gasteiger partial charge in [-0.3, -0.25) is 37.3 Å². The number of carboxylic acids is 1. The number of nitrogens with zero attached hydrogens (tertiary/aromatic N) is 4. The number of aliphatic carboxylic acids is 1. The number of phosphoric ester groups is 3. The summed E-state index contributed by atoms with van der Waals surface area (Å²) in [6.45, 7) is 6.97. The van der Waals surface area contributed by atoms with Crippen molar-refractivity contribution in [1.29, 1.82) is 0 Å². The molecule has 0 aliphatic carbocycles. The second-order valence-corrected chi connectivity index (χ2v) is 18.2. The van der Waals surface area contributed by atoms with Crippen molar-refractivity contribution in [2.24, 2.45) is 5.41 Å². The number of hydrogen-bond donors (Lipinski definition) is 11. The zero-order chi connectivity index (χ0) is 45.6. The maximum Gasteiger partial charge on any atom is 0.481 e. The van der Waals surface area contributed by atoms with E-state index >= 15 is 0 Å². The SMILES string of the molecule is C=CC(=O)SCCNC(=O)CCNC(=O)[C@H](O)C(C)(C)COP(=O)(O)OP(=O)(O)OC[C@H]1O[C@@H](n2cnc3c(N)ncnc32)[C@H](O)[C@@H]1OP(=O)(O)O.C=C[C@H](O)CC(=O)O. The average Bonchev–Trinajstić information content (AvgIpc) is 3.71. The molecule has 0 spiro atoms. The number of carbonyl (C=O) groups is 4. The molecular weight excluding hydrogens is 891 g/mol. The molecule has 338 valence electrons. The van der Waals surface area contributed by atoms with Gasteiger partial charge in [-0.15, -0.1) is 6.58 Å². The van der Waals surface area contributed by atoms with Crippen LogP contribution in [0.5, 0.6) is 0 Å². The van der Waals surface area contributed by atoms with Gasteiger partial charge in [0.2, 0.25) is 16.9 Å². The van der Waals surface area contributed by atoms with Crippen LogP contribution in [0, 0.1) is 5.41 Å². The summed E-state index contributed by atoms with van der Waals surface area (Å²) in [7, 11) is -16.4. The van der Waals surface area contributed by atoms with Crippen molar-refractivity contribution >= 4 is 75.1 Å². The molecule has 2 amide bonds. The van der Waals surface area contributed by atoms with Crippen LogP contribution in [0.4, 0.5) is 5.82 Å². The van der Waals surface area contributed by atoms with Crippen LogP contribution in [-0.2, 0) is 55.5 Å². The number of carbonyl (C=O) groups excluding carboxylic acids is 3. The van der Waals surface area contributed by atoms with E-state index < -0.39 is 96.6 Å². The van der Waals surface area contributed by atoms with Gasteiger partial charge in [0.05, 0.1) is 32.1 Å². The Morgan fingerprint density at radius 2 is 1.70 bits per heavy atom. The quantitative estimate of drug-likeness (QED) is 0.0271. The molecule has 1 aliphatic heterocycles. The maximum atomic E-state index is 12.6. The lowest BCUT2D eigenvalue weighted by atomic mass is 9.87. The van der Waals surface area contributed by atoms with Crippen LogP contribution in [-0.4, -0.2) is 145 Å². The van der Waals surface area contributed by atoms with E-state index in [0.717, 1.165) is 35.1 Å². The molecule has 2 aromatic rings. The Kier molecular flexibility index (Phi) is 20.2. The third-order valence-corrected chi connectivity index (χ3v) is 11.5. The first-order valence-electron chi connectivity index (χ1n) is 16.9. The highest BCUT2D eigenvalue weighted by Gasteiger charge is 2.50. The number of phosphoric acid groups is 3. The van der Waals surface area contributed by atoms with Gasteiger partial charge in [0, 0.05) is 30.7 Å². The minimum Gasteiger partial charge on any atom is -0.481 e. The fourth-order valence-corrected chi connectivity index (χ4v) is 7.96. The van der Waals surface area contributed by atoms with Crippen molar-refractivity contribution < 1.29 is 95.5 Å². The summed E-state index contributed by atoms with van der Waals surface area (Å²) in [5.41, 5.74) is 4.25. The number of nitrogens with one attached hydrogen (secondary N) is 2. The summed E-state index contributed by atoms with van der Waals surface area (Å²) in [6, 6.07) is 0. The molecule has 31 heteroatoms. The Morgan fingerprint density at radius 3 is 2.28 bits per heavy atom. The maximum absolute atomic E-state index is 12.6. The molecule has 1 fully saturated rings. The number of aliphatic hydroxyl groups excluding tert-OH is 3. The van der Waals surface area contributed by atoms with Gasteiger partial charge in [-0.05, 0) is 6.08 Å². The number of aromatic nitrogens is 4. The summed E-state index contributed by atoms with van der Waals surface area (Å²) in [6.07, 6.45) is -5.77. The van der Waals surface area contributed by atoms with E-state index in [0.29, 0.717) is 5.75 Å².